The Labute approximate surface area is 117 Å². The van der Waals surface area contributed by atoms with E-state index in [2.05, 4.69) is 17.2 Å². The minimum absolute atomic E-state index is 0.541. The molecule has 102 valence electrons. The van der Waals surface area contributed by atoms with Crippen LogP contribution in [0.5, 0.6) is 5.75 Å². The van der Waals surface area contributed by atoms with Gasteiger partial charge in [0.05, 0.1) is 11.5 Å². The quantitative estimate of drug-likeness (QED) is 0.844. The number of methoxy groups -OCH3 is 1. The zero-order chi connectivity index (χ0) is 13.5. The first-order valence-corrected chi connectivity index (χ1v) is 7.02. The highest BCUT2D eigenvalue weighted by molar-refractivity contribution is 7.15. The molecule has 0 atom stereocenters. The van der Waals surface area contributed by atoms with Crippen LogP contribution < -0.4 is 10.1 Å². The molecular weight excluding hydrogens is 260 g/mol. The topological polar surface area (TPSA) is 43.4 Å². The Bertz CT molecular complexity index is 514. The van der Waals surface area contributed by atoms with Crippen molar-refractivity contribution in [3.05, 3.63) is 40.9 Å². The van der Waals surface area contributed by atoms with Crippen LogP contribution in [0.3, 0.4) is 0 Å². The van der Waals surface area contributed by atoms with Crippen molar-refractivity contribution in [1.82, 2.24) is 4.98 Å². The zero-order valence-corrected chi connectivity index (χ0v) is 12.0. The molecule has 0 aliphatic carbocycles. The lowest BCUT2D eigenvalue weighted by atomic mass is 10.2. The molecule has 0 unspecified atom stereocenters. The summed E-state index contributed by atoms with van der Waals surface area (Å²) in [6.45, 7) is 4.08. The molecule has 19 heavy (non-hydrogen) atoms. The van der Waals surface area contributed by atoms with Gasteiger partial charge in [-0.05, 0) is 24.6 Å². The van der Waals surface area contributed by atoms with Crippen LogP contribution in [-0.4, -0.2) is 18.6 Å². The van der Waals surface area contributed by atoms with Gasteiger partial charge in [0.1, 0.15) is 12.4 Å². The van der Waals surface area contributed by atoms with Gasteiger partial charge < -0.3 is 14.8 Å². The summed E-state index contributed by atoms with van der Waals surface area (Å²) in [7, 11) is 1.69. The number of benzene rings is 1. The van der Waals surface area contributed by atoms with Gasteiger partial charge in [-0.2, -0.15) is 0 Å². The van der Waals surface area contributed by atoms with Crippen LogP contribution in [0.4, 0.5) is 5.13 Å². The molecule has 1 aromatic carbocycles. The molecule has 1 N–H and O–H groups in total. The fourth-order valence-corrected chi connectivity index (χ4v) is 2.45. The Kier molecular flexibility index (Phi) is 5.18. The van der Waals surface area contributed by atoms with E-state index in [1.54, 1.807) is 18.4 Å². The first-order valence-electron chi connectivity index (χ1n) is 6.21. The van der Waals surface area contributed by atoms with Crippen LogP contribution in [0.25, 0.3) is 0 Å². The Hall–Kier alpha value is -1.59. The molecule has 0 saturated carbocycles. The van der Waals surface area contributed by atoms with E-state index in [0.717, 1.165) is 27.9 Å². The maximum absolute atomic E-state index is 5.76. The number of hydrogen-bond donors (Lipinski definition) is 1. The second-order valence-electron chi connectivity index (χ2n) is 4.03. The molecule has 2 aromatic rings. The minimum Gasteiger partial charge on any atom is -0.488 e. The molecule has 0 spiro atoms. The molecule has 1 aromatic heterocycles. The summed E-state index contributed by atoms with van der Waals surface area (Å²) in [5.74, 6) is 0.855. The van der Waals surface area contributed by atoms with Crippen molar-refractivity contribution in [3.8, 4) is 5.75 Å². The standard InChI is InChI=1S/C14H18N2O2S/c1-3-15-14-16-8-13(19-14)10-18-12-6-4-5-11(7-12)9-17-2/h4-8H,3,9-10H2,1-2H3,(H,15,16). The van der Waals surface area contributed by atoms with E-state index in [-0.39, 0.29) is 0 Å². The molecule has 5 heteroatoms. The molecular formula is C14H18N2O2S. The molecule has 4 nitrogen and oxygen atoms in total. The van der Waals surface area contributed by atoms with E-state index < -0.39 is 0 Å². The maximum Gasteiger partial charge on any atom is 0.182 e. The number of nitrogens with zero attached hydrogens (tertiary/aromatic N) is 1. The number of hydrogen-bond acceptors (Lipinski definition) is 5. The third-order valence-corrected chi connectivity index (χ3v) is 3.40. The van der Waals surface area contributed by atoms with Gasteiger partial charge in [0.15, 0.2) is 5.13 Å². The third-order valence-electron chi connectivity index (χ3n) is 2.47. The van der Waals surface area contributed by atoms with Gasteiger partial charge in [-0.15, -0.1) is 0 Å². The predicted octanol–water partition coefficient (Wildman–Crippen LogP) is 3.30. The van der Waals surface area contributed by atoms with Crippen molar-refractivity contribution in [1.29, 1.82) is 0 Å². The van der Waals surface area contributed by atoms with Crippen molar-refractivity contribution in [3.63, 3.8) is 0 Å². The molecule has 0 aliphatic rings. The van der Waals surface area contributed by atoms with E-state index >= 15 is 0 Å². The summed E-state index contributed by atoms with van der Waals surface area (Å²) < 4.78 is 10.9. The highest BCUT2D eigenvalue weighted by Gasteiger charge is 2.02. The number of thiazole rings is 1. The van der Waals surface area contributed by atoms with Crippen molar-refractivity contribution < 1.29 is 9.47 Å². The number of ether oxygens (including phenoxy) is 2. The van der Waals surface area contributed by atoms with Crippen LogP contribution in [0.2, 0.25) is 0 Å². The van der Waals surface area contributed by atoms with Crippen molar-refractivity contribution >= 4 is 16.5 Å². The molecule has 0 amide bonds. The normalized spacial score (nSPS) is 10.4. The predicted molar refractivity (Wildman–Crippen MR) is 77.8 cm³/mol. The Balaban J connectivity index is 1.91. The zero-order valence-electron chi connectivity index (χ0n) is 11.2. The summed E-state index contributed by atoms with van der Waals surface area (Å²) in [5, 5.41) is 4.13. The fourth-order valence-electron chi connectivity index (χ4n) is 1.65. The van der Waals surface area contributed by atoms with Crippen LogP contribution in [0.1, 0.15) is 17.4 Å². The number of nitrogens with one attached hydrogen (secondary N) is 1. The lowest BCUT2D eigenvalue weighted by molar-refractivity contribution is 0.184. The lowest BCUT2D eigenvalue weighted by Gasteiger charge is -2.06. The minimum atomic E-state index is 0.541. The molecule has 2 rings (SSSR count). The van der Waals surface area contributed by atoms with Gasteiger partial charge in [-0.3, -0.25) is 0 Å². The lowest BCUT2D eigenvalue weighted by Crippen LogP contribution is -1.95. The maximum atomic E-state index is 5.76. The number of aromatic nitrogens is 1. The van der Waals surface area contributed by atoms with E-state index in [9.17, 15) is 0 Å². The second-order valence-corrected chi connectivity index (χ2v) is 5.15. The highest BCUT2D eigenvalue weighted by Crippen LogP contribution is 2.21. The molecule has 1 heterocycles. The first-order chi connectivity index (χ1) is 9.31. The summed E-state index contributed by atoms with van der Waals surface area (Å²) in [6.07, 6.45) is 1.85. The van der Waals surface area contributed by atoms with E-state index in [0.29, 0.717) is 13.2 Å². The Morgan fingerprint density at radius 1 is 1.32 bits per heavy atom. The van der Waals surface area contributed by atoms with Gasteiger partial charge in [0.25, 0.3) is 0 Å². The number of rotatable bonds is 7. The van der Waals surface area contributed by atoms with E-state index in [4.69, 9.17) is 9.47 Å². The SMILES string of the molecule is CCNc1ncc(COc2cccc(COC)c2)s1. The van der Waals surface area contributed by atoms with Gasteiger partial charge in [0, 0.05) is 19.9 Å². The molecule has 0 bridgehead atoms. The largest absolute Gasteiger partial charge is 0.488 e. The summed E-state index contributed by atoms with van der Waals surface area (Å²) in [5.41, 5.74) is 1.11. The highest BCUT2D eigenvalue weighted by atomic mass is 32.1. The van der Waals surface area contributed by atoms with Gasteiger partial charge in [0.2, 0.25) is 0 Å². The summed E-state index contributed by atoms with van der Waals surface area (Å²) in [4.78, 5) is 5.38. The van der Waals surface area contributed by atoms with Crippen molar-refractivity contribution in [2.75, 3.05) is 19.0 Å². The first kappa shape index (κ1) is 13.8. The van der Waals surface area contributed by atoms with E-state index in [1.165, 1.54) is 0 Å². The van der Waals surface area contributed by atoms with Crippen molar-refractivity contribution in [2.24, 2.45) is 0 Å². The smallest absolute Gasteiger partial charge is 0.182 e. The average molecular weight is 278 g/mol. The number of anilines is 1. The Morgan fingerprint density at radius 2 is 2.21 bits per heavy atom. The third kappa shape index (κ3) is 4.22. The van der Waals surface area contributed by atoms with Crippen molar-refractivity contribution in [2.45, 2.75) is 20.1 Å². The summed E-state index contributed by atoms with van der Waals surface area (Å²) in [6, 6.07) is 7.94. The van der Waals surface area contributed by atoms with Crippen LogP contribution in [0.15, 0.2) is 30.5 Å². The van der Waals surface area contributed by atoms with Gasteiger partial charge >= 0.3 is 0 Å². The van der Waals surface area contributed by atoms with Crippen LogP contribution in [-0.2, 0) is 18.0 Å². The second kappa shape index (κ2) is 7.11. The van der Waals surface area contributed by atoms with E-state index in [1.807, 2.05) is 30.5 Å². The Morgan fingerprint density at radius 3 is 3.00 bits per heavy atom. The van der Waals surface area contributed by atoms with Crippen LogP contribution in [0, 0.1) is 0 Å². The molecule has 0 fully saturated rings. The monoisotopic (exact) mass is 278 g/mol. The van der Waals surface area contributed by atoms with Crippen LogP contribution >= 0.6 is 11.3 Å². The average Bonchev–Trinajstić information content (AvgIpc) is 2.86. The van der Waals surface area contributed by atoms with Gasteiger partial charge in [-0.25, -0.2) is 4.98 Å². The molecule has 0 saturated heterocycles. The molecule has 0 radical (unpaired) electrons. The molecule has 0 aliphatic heterocycles. The van der Waals surface area contributed by atoms with Gasteiger partial charge in [-0.1, -0.05) is 23.5 Å². The fraction of sp³-hybridized carbons (Fsp3) is 0.357. The summed E-state index contributed by atoms with van der Waals surface area (Å²) >= 11 is 1.62.